The molecule has 2 amide bonds. The van der Waals surface area contributed by atoms with Gasteiger partial charge in [0.1, 0.15) is 0 Å². The summed E-state index contributed by atoms with van der Waals surface area (Å²) in [6, 6.07) is 5.06. The zero-order valence-corrected chi connectivity index (χ0v) is 17.8. The van der Waals surface area contributed by atoms with Crippen molar-refractivity contribution < 1.29 is 26.4 Å². The van der Waals surface area contributed by atoms with Crippen LogP contribution in [-0.2, 0) is 24.7 Å². The Bertz CT molecular complexity index is 998. The molecule has 0 unspecified atom stereocenters. The van der Waals surface area contributed by atoms with Gasteiger partial charge in [-0.05, 0) is 37.5 Å². The standard InChI is InChI=1S/C18H25N3O6S2/c1-19-17(22)13-5-8-21(9-6-13)18(23)14-3-2-4-16(11-14)29(26,27)20-15-7-10-28(24,25)12-15/h2-4,11,13,15,20H,5-10,12H2,1H3,(H,19,22)/t15-/m1/s1. The second-order valence-electron chi connectivity index (χ2n) is 7.43. The van der Waals surface area contributed by atoms with E-state index in [0.717, 1.165) is 0 Å². The highest BCUT2D eigenvalue weighted by molar-refractivity contribution is 7.92. The first-order valence-corrected chi connectivity index (χ1v) is 12.8. The lowest BCUT2D eigenvalue weighted by atomic mass is 9.95. The Balaban J connectivity index is 1.69. The summed E-state index contributed by atoms with van der Waals surface area (Å²) in [7, 11) is -5.57. The zero-order valence-electron chi connectivity index (χ0n) is 16.1. The van der Waals surface area contributed by atoms with Gasteiger partial charge in [-0.2, -0.15) is 0 Å². The van der Waals surface area contributed by atoms with Gasteiger partial charge in [-0.3, -0.25) is 9.59 Å². The third-order valence-electron chi connectivity index (χ3n) is 5.34. The van der Waals surface area contributed by atoms with Gasteiger partial charge in [-0.25, -0.2) is 21.6 Å². The number of hydrogen-bond donors (Lipinski definition) is 2. The van der Waals surface area contributed by atoms with Gasteiger partial charge in [0.15, 0.2) is 9.84 Å². The van der Waals surface area contributed by atoms with Crippen molar-refractivity contribution in [1.29, 1.82) is 0 Å². The first kappa shape index (κ1) is 21.7. The molecular formula is C18H25N3O6S2. The highest BCUT2D eigenvalue weighted by atomic mass is 32.2. The number of sulfone groups is 1. The van der Waals surface area contributed by atoms with Crippen LogP contribution in [0.5, 0.6) is 0 Å². The summed E-state index contributed by atoms with van der Waals surface area (Å²) in [5.41, 5.74) is 0.241. The number of nitrogens with one attached hydrogen (secondary N) is 2. The van der Waals surface area contributed by atoms with Gasteiger partial charge in [-0.1, -0.05) is 6.07 Å². The molecule has 0 saturated carbocycles. The first-order valence-electron chi connectivity index (χ1n) is 9.45. The minimum absolute atomic E-state index is 0.0369. The number of piperidine rings is 1. The molecule has 0 spiro atoms. The van der Waals surface area contributed by atoms with Gasteiger partial charge in [0.05, 0.1) is 16.4 Å². The van der Waals surface area contributed by atoms with E-state index in [4.69, 9.17) is 0 Å². The number of sulfonamides is 1. The lowest BCUT2D eigenvalue weighted by molar-refractivity contribution is -0.125. The van der Waals surface area contributed by atoms with E-state index >= 15 is 0 Å². The molecule has 2 aliphatic rings. The molecule has 11 heteroatoms. The number of carbonyl (C=O) groups is 2. The predicted octanol–water partition coefficient (Wildman–Crippen LogP) is -0.250. The van der Waals surface area contributed by atoms with E-state index in [1.54, 1.807) is 18.0 Å². The Morgan fingerprint density at radius 2 is 1.83 bits per heavy atom. The number of rotatable bonds is 5. The van der Waals surface area contributed by atoms with Crippen LogP contribution in [-0.4, -0.2) is 71.2 Å². The average molecular weight is 444 g/mol. The lowest BCUT2D eigenvalue weighted by Gasteiger charge is -2.31. The van der Waals surface area contributed by atoms with Gasteiger partial charge >= 0.3 is 0 Å². The third kappa shape index (κ3) is 5.14. The maximum Gasteiger partial charge on any atom is 0.253 e. The molecule has 3 rings (SSSR count). The van der Waals surface area contributed by atoms with E-state index in [1.807, 2.05) is 0 Å². The van der Waals surface area contributed by atoms with Crippen LogP contribution in [0.25, 0.3) is 0 Å². The van der Waals surface area contributed by atoms with E-state index in [1.165, 1.54) is 18.2 Å². The van der Waals surface area contributed by atoms with Gasteiger partial charge in [0, 0.05) is 37.7 Å². The Morgan fingerprint density at radius 1 is 1.14 bits per heavy atom. The maximum atomic E-state index is 12.8. The van der Waals surface area contributed by atoms with Crippen molar-refractivity contribution in [1.82, 2.24) is 14.9 Å². The van der Waals surface area contributed by atoms with Crippen molar-refractivity contribution in [3.05, 3.63) is 29.8 Å². The molecule has 2 heterocycles. The topological polar surface area (TPSA) is 130 Å². The van der Waals surface area contributed by atoms with Crippen LogP contribution in [0.2, 0.25) is 0 Å². The normalized spacial score (nSPS) is 22.4. The van der Waals surface area contributed by atoms with Gasteiger partial charge in [-0.15, -0.1) is 0 Å². The largest absolute Gasteiger partial charge is 0.359 e. The summed E-state index contributed by atoms with van der Waals surface area (Å²) >= 11 is 0. The minimum atomic E-state index is -3.94. The van der Waals surface area contributed by atoms with Gasteiger partial charge in [0.2, 0.25) is 15.9 Å². The number of likely N-dealkylation sites (tertiary alicyclic amines) is 1. The SMILES string of the molecule is CNC(=O)C1CCN(C(=O)c2cccc(S(=O)(=O)N[C@@H]3CCS(=O)(=O)C3)c2)CC1. The zero-order chi connectivity index (χ0) is 21.2. The second-order valence-corrected chi connectivity index (χ2v) is 11.4. The summed E-state index contributed by atoms with van der Waals surface area (Å²) in [6.45, 7) is 0.845. The molecule has 1 atom stereocenters. The lowest BCUT2D eigenvalue weighted by Crippen LogP contribution is -2.42. The predicted molar refractivity (Wildman–Crippen MR) is 107 cm³/mol. The van der Waals surface area contributed by atoms with Crippen LogP contribution in [0.1, 0.15) is 29.6 Å². The summed E-state index contributed by atoms with van der Waals surface area (Å²) in [5.74, 6) is -0.704. The Morgan fingerprint density at radius 3 is 2.41 bits per heavy atom. The van der Waals surface area contributed by atoms with Crippen molar-refractivity contribution >= 4 is 31.7 Å². The van der Waals surface area contributed by atoms with Crippen LogP contribution < -0.4 is 10.0 Å². The number of hydrogen-bond acceptors (Lipinski definition) is 6. The fourth-order valence-electron chi connectivity index (χ4n) is 3.70. The quantitative estimate of drug-likeness (QED) is 0.646. The number of amides is 2. The molecule has 1 aromatic rings. The second kappa shape index (κ2) is 8.41. The van der Waals surface area contributed by atoms with E-state index in [-0.39, 0.29) is 46.1 Å². The Labute approximate surface area is 170 Å². The third-order valence-corrected chi connectivity index (χ3v) is 8.63. The van der Waals surface area contributed by atoms with Crippen molar-refractivity contribution in [2.45, 2.75) is 30.2 Å². The summed E-state index contributed by atoms with van der Waals surface area (Å²) in [6.07, 6.45) is 1.35. The molecule has 0 aliphatic carbocycles. The van der Waals surface area contributed by atoms with Crippen molar-refractivity contribution in [3.63, 3.8) is 0 Å². The number of carbonyl (C=O) groups excluding carboxylic acids is 2. The van der Waals surface area contributed by atoms with E-state index in [9.17, 15) is 26.4 Å². The molecule has 9 nitrogen and oxygen atoms in total. The monoisotopic (exact) mass is 443 g/mol. The van der Waals surface area contributed by atoms with Crippen LogP contribution in [0.4, 0.5) is 0 Å². The molecule has 160 valence electrons. The van der Waals surface area contributed by atoms with Crippen LogP contribution in [0.15, 0.2) is 29.2 Å². The molecule has 0 radical (unpaired) electrons. The first-order chi connectivity index (χ1) is 13.6. The van der Waals surface area contributed by atoms with Gasteiger partial charge in [0.25, 0.3) is 5.91 Å². The smallest absolute Gasteiger partial charge is 0.253 e. The van der Waals surface area contributed by atoms with E-state index < -0.39 is 25.9 Å². The molecule has 0 aromatic heterocycles. The summed E-state index contributed by atoms with van der Waals surface area (Å²) < 4.78 is 50.8. The molecule has 2 N–H and O–H groups in total. The summed E-state index contributed by atoms with van der Waals surface area (Å²) in [4.78, 5) is 26.0. The highest BCUT2D eigenvalue weighted by Crippen LogP contribution is 2.21. The number of benzene rings is 1. The Kier molecular flexibility index (Phi) is 6.30. The molecule has 0 bridgehead atoms. The van der Waals surface area contributed by atoms with Crippen LogP contribution in [0.3, 0.4) is 0 Å². The molecular weight excluding hydrogens is 418 g/mol. The van der Waals surface area contributed by atoms with Crippen LogP contribution in [0, 0.1) is 5.92 Å². The fourth-order valence-corrected chi connectivity index (χ4v) is 6.80. The molecule has 1 aromatic carbocycles. The van der Waals surface area contributed by atoms with Crippen molar-refractivity contribution in [2.75, 3.05) is 31.6 Å². The summed E-state index contributed by atoms with van der Waals surface area (Å²) in [5, 5.41) is 2.62. The van der Waals surface area contributed by atoms with E-state index in [0.29, 0.717) is 25.9 Å². The van der Waals surface area contributed by atoms with Crippen molar-refractivity contribution in [3.8, 4) is 0 Å². The molecule has 2 fully saturated rings. The minimum Gasteiger partial charge on any atom is -0.359 e. The molecule has 2 saturated heterocycles. The van der Waals surface area contributed by atoms with Gasteiger partial charge < -0.3 is 10.2 Å². The van der Waals surface area contributed by atoms with Crippen LogP contribution >= 0.6 is 0 Å². The molecule has 29 heavy (non-hydrogen) atoms. The Hall–Kier alpha value is -1.98. The van der Waals surface area contributed by atoms with Crippen molar-refractivity contribution in [2.24, 2.45) is 5.92 Å². The molecule has 2 aliphatic heterocycles. The fraction of sp³-hybridized carbons (Fsp3) is 0.556. The average Bonchev–Trinajstić information content (AvgIpc) is 3.04. The number of nitrogens with zero attached hydrogens (tertiary/aromatic N) is 1. The highest BCUT2D eigenvalue weighted by Gasteiger charge is 2.32. The maximum absolute atomic E-state index is 12.8. The van der Waals surface area contributed by atoms with E-state index in [2.05, 4.69) is 10.0 Å².